The van der Waals surface area contributed by atoms with E-state index in [1.54, 1.807) is 6.92 Å². The fourth-order valence-corrected chi connectivity index (χ4v) is 3.08. The highest BCUT2D eigenvalue weighted by Crippen LogP contribution is 2.28. The van der Waals surface area contributed by atoms with E-state index in [1.165, 1.54) is 4.90 Å². The van der Waals surface area contributed by atoms with Gasteiger partial charge in [-0.1, -0.05) is 15.9 Å². The van der Waals surface area contributed by atoms with Gasteiger partial charge in [0.15, 0.2) is 0 Å². The SMILES string of the molecule is CCN1C(=O)CC(Nc2ccc(Br)cc2Br)C1=O. The van der Waals surface area contributed by atoms with Crippen molar-refractivity contribution in [3.05, 3.63) is 27.1 Å². The van der Waals surface area contributed by atoms with Crippen LogP contribution < -0.4 is 5.32 Å². The molecule has 18 heavy (non-hydrogen) atoms. The van der Waals surface area contributed by atoms with E-state index in [2.05, 4.69) is 37.2 Å². The Labute approximate surface area is 122 Å². The van der Waals surface area contributed by atoms with Gasteiger partial charge in [0.2, 0.25) is 5.91 Å². The van der Waals surface area contributed by atoms with Gasteiger partial charge in [0.25, 0.3) is 5.91 Å². The van der Waals surface area contributed by atoms with Crippen LogP contribution in [0.5, 0.6) is 0 Å². The molecule has 1 N–H and O–H groups in total. The topological polar surface area (TPSA) is 49.4 Å². The maximum absolute atomic E-state index is 11.9. The molecule has 6 heteroatoms. The van der Waals surface area contributed by atoms with Crippen molar-refractivity contribution in [3.8, 4) is 0 Å². The van der Waals surface area contributed by atoms with Gasteiger partial charge >= 0.3 is 0 Å². The first kappa shape index (κ1) is 13.5. The number of likely N-dealkylation sites (N-methyl/N-ethyl adjacent to an activating group) is 1. The summed E-state index contributed by atoms with van der Waals surface area (Å²) in [5.41, 5.74) is 0.808. The highest BCUT2D eigenvalue weighted by atomic mass is 79.9. The van der Waals surface area contributed by atoms with E-state index in [9.17, 15) is 9.59 Å². The molecule has 1 aliphatic rings. The van der Waals surface area contributed by atoms with Crippen LogP contribution in [0.1, 0.15) is 13.3 Å². The molecule has 1 aromatic rings. The van der Waals surface area contributed by atoms with Crippen molar-refractivity contribution in [2.45, 2.75) is 19.4 Å². The summed E-state index contributed by atoms with van der Waals surface area (Å²) in [6.07, 6.45) is 0.217. The number of carbonyl (C=O) groups is 2. The molecule has 1 atom stereocenters. The van der Waals surface area contributed by atoms with Gasteiger partial charge in [-0.2, -0.15) is 0 Å². The fraction of sp³-hybridized carbons (Fsp3) is 0.333. The molecule has 0 aliphatic carbocycles. The van der Waals surface area contributed by atoms with Crippen LogP contribution in [-0.4, -0.2) is 29.3 Å². The molecule has 2 rings (SSSR count). The third-order valence-corrected chi connectivity index (χ3v) is 3.97. The van der Waals surface area contributed by atoms with Gasteiger partial charge in [0.1, 0.15) is 6.04 Å². The molecule has 0 bridgehead atoms. The van der Waals surface area contributed by atoms with Crippen LogP contribution in [0.15, 0.2) is 27.1 Å². The Hall–Kier alpha value is -0.880. The Morgan fingerprint density at radius 1 is 1.39 bits per heavy atom. The Kier molecular flexibility index (Phi) is 4.07. The van der Waals surface area contributed by atoms with E-state index >= 15 is 0 Å². The summed E-state index contributed by atoms with van der Waals surface area (Å²) in [4.78, 5) is 24.8. The van der Waals surface area contributed by atoms with Crippen molar-refractivity contribution >= 4 is 49.4 Å². The van der Waals surface area contributed by atoms with E-state index in [4.69, 9.17) is 0 Å². The van der Waals surface area contributed by atoms with Gasteiger partial charge in [0.05, 0.1) is 6.42 Å². The van der Waals surface area contributed by atoms with Crippen LogP contribution in [0.2, 0.25) is 0 Å². The molecule has 1 unspecified atom stereocenters. The number of hydrogen-bond donors (Lipinski definition) is 1. The number of amides is 2. The van der Waals surface area contributed by atoms with E-state index < -0.39 is 6.04 Å². The van der Waals surface area contributed by atoms with Gasteiger partial charge < -0.3 is 5.32 Å². The molecule has 1 heterocycles. The monoisotopic (exact) mass is 374 g/mol. The largest absolute Gasteiger partial charge is 0.372 e. The number of nitrogens with one attached hydrogen (secondary N) is 1. The van der Waals surface area contributed by atoms with Gasteiger partial charge in [-0.25, -0.2) is 0 Å². The first-order valence-electron chi connectivity index (χ1n) is 5.58. The van der Waals surface area contributed by atoms with Crippen LogP contribution >= 0.6 is 31.9 Å². The van der Waals surface area contributed by atoms with Crippen LogP contribution in [0.3, 0.4) is 0 Å². The molecule has 0 saturated carbocycles. The molecule has 0 radical (unpaired) electrons. The number of nitrogens with zero attached hydrogens (tertiary/aromatic N) is 1. The number of rotatable bonds is 3. The first-order valence-corrected chi connectivity index (χ1v) is 7.17. The Morgan fingerprint density at radius 3 is 2.67 bits per heavy atom. The number of carbonyl (C=O) groups excluding carboxylic acids is 2. The third kappa shape index (κ3) is 2.59. The predicted octanol–water partition coefficient (Wildman–Crippen LogP) is 2.77. The minimum atomic E-state index is -0.463. The van der Waals surface area contributed by atoms with Crippen LogP contribution in [0, 0.1) is 0 Å². The van der Waals surface area contributed by atoms with Crippen molar-refractivity contribution in [1.82, 2.24) is 4.90 Å². The molecular formula is C12H12Br2N2O2. The number of likely N-dealkylation sites (tertiary alicyclic amines) is 1. The molecule has 4 nitrogen and oxygen atoms in total. The van der Waals surface area contributed by atoms with E-state index in [0.29, 0.717) is 6.54 Å². The normalized spacial score (nSPS) is 19.5. The molecule has 2 amide bonds. The molecule has 1 fully saturated rings. The lowest BCUT2D eigenvalue weighted by Gasteiger charge is -2.15. The van der Waals surface area contributed by atoms with Gasteiger partial charge in [-0.3, -0.25) is 14.5 Å². The van der Waals surface area contributed by atoms with Gasteiger partial charge in [-0.05, 0) is 41.1 Å². The van der Waals surface area contributed by atoms with Gasteiger partial charge in [0, 0.05) is 21.2 Å². The minimum Gasteiger partial charge on any atom is -0.372 e. The Balaban J connectivity index is 2.15. The summed E-state index contributed by atoms with van der Waals surface area (Å²) >= 11 is 6.78. The summed E-state index contributed by atoms with van der Waals surface area (Å²) in [5, 5.41) is 3.10. The number of hydrogen-bond acceptors (Lipinski definition) is 3. The second kappa shape index (κ2) is 5.40. The van der Waals surface area contributed by atoms with Crippen molar-refractivity contribution in [2.75, 3.05) is 11.9 Å². The third-order valence-electron chi connectivity index (χ3n) is 2.82. The van der Waals surface area contributed by atoms with Gasteiger partial charge in [-0.15, -0.1) is 0 Å². The smallest absolute Gasteiger partial charge is 0.252 e. The molecule has 0 spiro atoms. The molecule has 1 saturated heterocycles. The first-order chi connectivity index (χ1) is 8.52. The average Bonchev–Trinajstić information content (AvgIpc) is 2.58. The lowest BCUT2D eigenvalue weighted by Crippen LogP contribution is -2.34. The zero-order chi connectivity index (χ0) is 13.3. The fourth-order valence-electron chi connectivity index (χ4n) is 1.92. The molecule has 0 aromatic heterocycles. The van der Waals surface area contributed by atoms with E-state index in [-0.39, 0.29) is 18.2 Å². The number of halogens is 2. The lowest BCUT2D eigenvalue weighted by molar-refractivity contribution is -0.138. The van der Waals surface area contributed by atoms with Crippen molar-refractivity contribution in [2.24, 2.45) is 0 Å². The summed E-state index contributed by atoms with van der Waals surface area (Å²) in [6.45, 7) is 2.23. The summed E-state index contributed by atoms with van der Waals surface area (Å²) in [6, 6.07) is 5.17. The number of anilines is 1. The van der Waals surface area contributed by atoms with Crippen LogP contribution in [-0.2, 0) is 9.59 Å². The Bertz CT molecular complexity index is 505. The second-order valence-corrected chi connectivity index (χ2v) is 5.77. The highest BCUT2D eigenvalue weighted by Gasteiger charge is 2.37. The zero-order valence-electron chi connectivity index (χ0n) is 9.74. The molecule has 1 aliphatic heterocycles. The summed E-state index contributed by atoms with van der Waals surface area (Å²) in [7, 11) is 0. The summed E-state index contributed by atoms with van der Waals surface area (Å²) in [5.74, 6) is -0.273. The number of benzene rings is 1. The maximum atomic E-state index is 11.9. The summed E-state index contributed by atoms with van der Waals surface area (Å²) < 4.78 is 1.80. The van der Waals surface area contributed by atoms with Crippen LogP contribution in [0.25, 0.3) is 0 Å². The van der Waals surface area contributed by atoms with Crippen molar-refractivity contribution in [1.29, 1.82) is 0 Å². The lowest BCUT2D eigenvalue weighted by atomic mass is 10.2. The molecule has 96 valence electrons. The van der Waals surface area contributed by atoms with E-state index in [0.717, 1.165) is 14.6 Å². The second-order valence-electron chi connectivity index (χ2n) is 4.00. The zero-order valence-corrected chi connectivity index (χ0v) is 12.9. The molecular weight excluding hydrogens is 364 g/mol. The quantitative estimate of drug-likeness (QED) is 0.826. The van der Waals surface area contributed by atoms with E-state index in [1.807, 2.05) is 18.2 Å². The number of imide groups is 1. The predicted molar refractivity (Wildman–Crippen MR) is 76.3 cm³/mol. The standard InChI is InChI=1S/C12H12Br2N2O2/c1-2-16-11(17)6-10(12(16)18)15-9-4-3-7(13)5-8(9)14/h3-5,10,15H,2,6H2,1H3. The average molecular weight is 376 g/mol. The maximum Gasteiger partial charge on any atom is 0.252 e. The minimum absolute atomic E-state index is 0.117. The Morgan fingerprint density at radius 2 is 2.11 bits per heavy atom. The highest BCUT2D eigenvalue weighted by molar-refractivity contribution is 9.11. The van der Waals surface area contributed by atoms with Crippen molar-refractivity contribution < 1.29 is 9.59 Å². The van der Waals surface area contributed by atoms with Crippen molar-refractivity contribution in [3.63, 3.8) is 0 Å². The molecule has 1 aromatic carbocycles. The van der Waals surface area contributed by atoms with Crippen LogP contribution in [0.4, 0.5) is 5.69 Å².